The first-order chi connectivity index (χ1) is 8.27. The second kappa shape index (κ2) is 5.87. The first kappa shape index (κ1) is 12.2. The van der Waals surface area contributed by atoms with E-state index >= 15 is 0 Å². The monoisotopic (exact) mass is 232 g/mol. The molecular formula is C15H20O2. The van der Waals surface area contributed by atoms with E-state index in [1.54, 1.807) is 6.26 Å². The third-order valence-electron chi connectivity index (χ3n) is 3.44. The van der Waals surface area contributed by atoms with E-state index in [1.807, 2.05) is 18.2 Å². The summed E-state index contributed by atoms with van der Waals surface area (Å²) in [6.45, 7) is 5.74. The molecule has 0 fully saturated rings. The van der Waals surface area contributed by atoms with E-state index < -0.39 is 0 Å². The Morgan fingerprint density at radius 2 is 1.94 bits per heavy atom. The van der Waals surface area contributed by atoms with Gasteiger partial charge in [-0.2, -0.15) is 0 Å². The molecule has 1 aromatic carbocycles. The van der Waals surface area contributed by atoms with Gasteiger partial charge in [-0.3, -0.25) is 0 Å². The average Bonchev–Trinajstić information content (AvgIpc) is 2.36. The topological polar surface area (TPSA) is 18.5 Å². The molecule has 92 valence electrons. The molecule has 2 heteroatoms. The Kier molecular flexibility index (Phi) is 4.21. The molecule has 2 rings (SSSR count). The summed E-state index contributed by atoms with van der Waals surface area (Å²) in [5, 5.41) is 0. The maximum Gasteiger partial charge on any atom is 0.124 e. The summed E-state index contributed by atoms with van der Waals surface area (Å²) in [7, 11) is 0. The van der Waals surface area contributed by atoms with Gasteiger partial charge in [0, 0.05) is 5.92 Å². The van der Waals surface area contributed by atoms with Gasteiger partial charge in [-0.05, 0) is 17.6 Å². The molecule has 0 radical (unpaired) electrons. The molecule has 0 amide bonds. The highest BCUT2D eigenvalue weighted by Crippen LogP contribution is 2.24. The number of hydrogen-bond acceptors (Lipinski definition) is 2. The molecule has 1 aliphatic heterocycles. The van der Waals surface area contributed by atoms with Crippen LogP contribution < -0.4 is 0 Å². The highest BCUT2D eigenvalue weighted by atomic mass is 16.5. The zero-order valence-corrected chi connectivity index (χ0v) is 10.5. The van der Waals surface area contributed by atoms with Crippen molar-refractivity contribution in [3.8, 4) is 0 Å². The molecular weight excluding hydrogens is 212 g/mol. The van der Waals surface area contributed by atoms with E-state index in [9.17, 15) is 0 Å². The van der Waals surface area contributed by atoms with Gasteiger partial charge in [0.15, 0.2) is 0 Å². The minimum Gasteiger partial charge on any atom is -0.496 e. The third-order valence-corrected chi connectivity index (χ3v) is 3.44. The van der Waals surface area contributed by atoms with E-state index in [0.29, 0.717) is 25.0 Å². The molecule has 3 unspecified atom stereocenters. The van der Waals surface area contributed by atoms with Crippen molar-refractivity contribution < 1.29 is 9.47 Å². The van der Waals surface area contributed by atoms with Gasteiger partial charge in [0.05, 0.1) is 19.5 Å². The van der Waals surface area contributed by atoms with Crippen molar-refractivity contribution in [1.29, 1.82) is 0 Å². The zero-order valence-electron chi connectivity index (χ0n) is 10.5. The van der Waals surface area contributed by atoms with E-state index in [0.717, 1.165) is 0 Å². The van der Waals surface area contributed by atoms with E-state index in [-0.39, 0.29) is 6.10 Å². The molecule has 0 saturated carbocycles. The largest absolute Gasteiger partial charge is 0.496 e. The van der Waals surface area contributed by atoms with E-state index in [4.69, 9.17) is 9.47 Å². The van der Waals surface area contributed by atoms with E-state index in [2.05, 4.69) is 32.1 Å². The fraction of sp³-hybridized carbons (Fsp3) is 0.467. The number of allylic oxidation sites excluding steroid dienone is 1. The summed E-state index contributed by atoms with van der Waals surface area (Å²) in [6, 6.07) is 10.2. The summed E-state index contributed by atoms with van der Waals surface area (Å²) in [5.74, 6) is 1.07. The Morgan fingerprint density at radius 1 is 1.18 bits per heavy atom. The Balaban J connectivity index is 1.77. The maximum atomic E-state index is 5.72. The van der Waals surface area contributed by atoms with Crippen LogP contribution in [-0.4, -0.2) is 12.7 Å². The Labute approximate surface area is 103 Å². The summed E-state index contributed by atoms with van der Waals surface area (Å²) in [5.41, 5.74) is 1.21. The van der Waals surface area contributed by atoms with Crippen LogP contribution in [0.15, 0.2) is 42.7 Å². The van der Waals surface area contributed by atoms with Gasteiger partial charge in [-0.25, -0.2) is 0 Å². The molecule has 0 saturated heterocycles. The van der Waals surface area contributed by atoms with Gasteiger partial charge in [0.25, 0.3) is 0 Å². The van der Waals surface area contributed by atoms with Crippen LogP contribution in [-0.2, 0) is 16.1 Å². The number of rotatable bonds is 4. The summed E-state index contributed by atoms with van der Waals surface area (Å²) < 4.78 is 11.3. The molecule has 1 aromatic rings. The predicted octanol–water partition coefficient (Wildman–Crippen LogP) is 3.39. The van der Waals surface area contributed by atoms with E-state index in [1.165, 1.54) is 5.56 Å². The average molecular weight is 232 g/mol. The fourth-order valence-corrected chi connectivity index (χ4v) is 1.97. The lowest BCUT2D eigenvalue weighted by Crippen LogP contribution is -2.32. The van der Waals surface area contributed by atoms with Gasteiger partial charge < -0.3 is 9.47 Å². The first-order valence-electron chi connectivity index (χ1n) is 6.21. The van der Waals surface area contributed by atoms with Crippen LogP contribution >= 0.6 is 0 Å². The number of hydrogen-bond donors (Lipinski definition) is 0. The van der Waals surface area contributed by atoms with Crippen LogP contribution in [0.25, 0.3) is 0 Å². The van der Waals surface area contributed by atoms with Crippen molar-refractivity contribution in [2.24, 2.45) is 11.8 Å². The van der Waals surface area contributed by atoms with Crippen molar-refractivity contribution >= 4 is 0 Å². The normalized spacial score (nSPS) is 27.8. The third kappa shape index (κ3) is 3.34. The van der Waals surface area contributed by atoms with Gasteiger partial charge in [-0.15, -0.1) is 0 Å². The smallest absolute Gasteiger partial charge is 0.124 e. The van der Waals surface area contributed by atoms with Gasteiger partial charge in [0.2, 0.25) is 0 Å². The Bertz CT molecular complexity index is 358. The first-order valence-corrected chi connectivity index (χ1v) is 6.21. The summed E-state index contributed by atoms with van der Waals surface area (Å²) in [4.78, 5) is 0. The highest BCUT2D eigenvalue weighted by molar-refractivity contribution is 5.13. The van der Waals surface area contributed by atoms with Crippen LogP contribution in [0.5, 0.6) is 0 Å². The molecule has 0 aliphatic carbocycles. The Morgan fingerprint density at radius 3 is 2.71 bits per heavy atom. The zero-order chi connectivity index (χ0) is 12.1. The van der Waals surface area contributed by atoms with Crippen molar-refractivity contribution in [3.05, 3.63) is 48.2 Å². The minimum atomic E-state index is 0.179. The molecule has 17 heavy (non-hydrogen) atoms. The highest BCUT2D eigenvalue weighted by Gasteiger charge is 2.25. The molecule has 0 bridgehead atoms. The number of ether oxygens (including phenoxy) is 2. The molecule has 2 nitrogen and oxygen atoms in total. The quantitative estimate of drug-likeness (QED) is 0.792. The maximum absolute atomic E-state index is 5.72. The van der Waals surface area contributed by atoms with Crippen molar-refractivity contribution in [2.75, 3.05) is 6.61 Å². The van der Waals surface area contributed by atoms with Crippen molar-refractivity contribution in [1.82, 2.24) is 0 Å². The van der Waals surface area contributed by atoms with Crippen LogP contribution in [0.4, 0.5) is 0 Å². The van der Waals surface area contributed by atoms with Crippen LogP contribution in [0.1, 0.15) is 19.4 Å². The minimum absolute atomic E-state index is 0.179. The second-order valence-corrected chi connectivity index (χ2v) is 4.72. The van der Waals surface area contributed by atoms with Crippen LogP contribution in [0.2, 0.25) is 0 Å². The molecule has 0 spiro atoms. The lowest BCUT2D eigenvalue weighted by molar-refractivity contribution is -0.0239. The van der Waals surface area contributed by atoms with Gasteiger partial charge >= 0.3 is 0 Å². The number of benzene rings is 1. The lowest BCUT2D eigenvalue weighted by Gasteiger charge is -2.30. The second-order valence-electron chi connectivity index (χ2n) is 4.72. The standard InChI is InChI=1S/C15H20O2/c1-12-8-9-17-15(13(12)2)11-16-10-14-6-4-3-5-7-14/h3-9,12-13,15H,10-11H2,1-2H3. The fourth-order valence-electron chi connectivity index (χ4n) is 1.97. The summed E-state index contributed by atoms with van der Waals surface area (Å²) in [6.07, 6.45) is 4.10. The predicted molar refractivity (Wildman–Crippen MR) is 68.4 cm³/mol. The lowest BCUT2D eigenvalue weighted by atomic mass is 9.89. The van der Waals surface area contributed by atoms with Gasteiger partial charge in [-0.1, -0.05) is 44.2 Å². The van der Waals surface area contributed by atoms with Crippen LogP contribution in [0.3, 0.4) is 0 Å². The summed E-state index contributed by atoms with van der Waals surface area (Å²) >= 11 is 0. The molecule has 0 N–H and O–H groups in total. The Hall–Kier alpha value is -1.28. The molecule has 0 aromatic heterocycles. The van der Waals surface area contributed by atoms with Crippen molar-refractivity contribution in [2.45, 2.75) is 26.6 Å². The molecule has 1 aliphatic rings. The molecule has 3 atom stereocenters. The SMILES string of the molecule is CC1C=COC(COCc2ccccc2)C1C. The van der Waals surface area contributed by atoms with Gasteiger partial charge in [0.1, 0.15) is 6.10 Å². The van der Waals surface area contributed by atoms with Crippen molar-refractivity contribution in [3.63, 3.8) is 0 Å². The van der Waals surface area contributed by atoms with Crippen LogP contribution in [0, 0.1) is 11.8 Å². The molecule has 1 heterocycles.